The molecule has 0 radical (unpaired) electrons. The zero-order chi connectivity index (χ0) is 42.3. The zero-order valence-electron chi connectivity index (χ0n) is 35.1. The Labute approximate surface area is 349 Å². The second kappa shape index (κ2) is 16.3. The summed E-state index contributed by atoms with van der Waals surface area (Å²) in [5.74, 6) is 7.38. The number of benzene rings is 2. The van der Waals surface area contributed by atoms with Crippen LogP contribution in [0, 0.1) is 29.1 Å². The number of nitrogens with zero attached hydrogens (tertiary/aromatic N) is 4. The van der Waals surface area contributed by atoms with E-state index in [0.29, 0.717) is 31.9 Å². The Morgan fingerprint density at radius 2 is 1.42 bits per heavy atom. The largest absolute Gasteiger partial charge is 0.453 e. The quantitative estimate of drug-likeness (QED) is 0.147. The van der Waals surface area contributed by atoms with Crippen LogP contribution in [0.5, 0.6) is 0 Å². The summed E-state index contributed by atoms with van der Waals surface area (Å²) in [7, 11) is 2.59. The van der Waals surface area contributed by atoms with E-state index in [1.807, 2.05) is 75.1 Å². The second-order valence-electron chi connectivity index (χ2n) is 17.6. The lowest BCUT2D eigenvalue weighted by molar-refractivity contribution is -0.136. The van der Waals surface area contributed by atoms with Crippen molar-refractivity contribution in [3.05, 3.63) is 71.4 Å². The third-order valence-electron chi connectivity index (χ3n) is 12.7. The number of H-pyrrole nitrogens is 2. The monoisotopic (exact) mass is 818 g/mol. The number of ether oxygens (including phenoxy) is 3. The Bertz CT molecular complexity index is 2330. The first-order valence-electron chi connectivity index (χ1n) is 20.9. The molecule has 316 valence electrons. The van der Waals surface area contributed by atoms with Crippen molar-refractivity contribution in [2.45, 2.75) is 96.0 Å². The van der Waals surface area contributed by atoms with Gasteiger partial charge in [-0.1, -0.05) is 51.7 Å². The molecule has 0 bridgehead atoms. The highest BCUT2D eigenvalue weighted by molar-refractivity contribution is 5.87. The van der Waals surface area contributed by atoms with Gasteiger partial charge in [-0.05, 0) is 85.3 Å². The van der Waals surface area contributed by atoms with E-state index in [4.69, 9.17) is 24.2 Å². The molecule has 15 nitrogen and oxygen atoms in total. The Morgan fingerprint density at radius 3 is 2.02 bits per heavy atom. The number of aromatic amines is 2. The van der Waals surface area contributed by atoms with E-state index in [-0.39, 0.29) is 41.1 Å². The number of methoxy groups -OCH3 is 2. The van der Waals surface area contributed by atoms with Crippen LogP contribution >= 0.6 is 0 Å². The van der Waals surface area contributed by atoms with Crippen molar-refractivity contribution in [1.82, 2.24) is 40.4 Å². The number of alkyl carbamates (subject to hydrolysis) is 2. The van der Waals surface area contributed by atoms with Gasteiger partial charge in [-0.25, -0.2) is 19.6 Å². The first-order valence-corrected chi connectivity index (χ1v) is 20.9. The van der Waals surface area contributed by atoms with Crippen LogP contribution < -0.4 is 10.6 Å². The fourth-order valence-corrected chi connectivity index (χ4v) is 9.09. The first kappa shape index (κ1) is 40.9. The van der Waals surface area contributed by atoms with Gasteiger partial charge in [0.15, 0.2) is 0 Å². The summed E-state index contributed by atoms with van der Waals surface area (Å²) in [6.07, 6.45) is 5.92. The fourth-order valence-electron chi connectivity index (χ4n) is 9.09. The summed E-state index contributed by atoms with van der Waals surface area (Å²) >= 11 is 0. The summed E-state index contributed by atoms with van der Waals surface area (Å²) in [6.45, 7) is 9.35. The number of likely N-dealkylation sites (tertiary alicyclic amines) is 2. The number of amides is 4. The van der Waals surface area contributed by atoms with Gasteiger partial charge in [0.1, 0.15) is 23.7 Å². The SMILES string of the molecule is COC(=O)N[C@H](C(=O)N1CC2(CC2)C[C@H]1c1ncc(-c2ccc(C#Cc3ccc4nc([C@@H]5C[C@@]6(CCCO6)CN5C(=O)[C@@H](NC(=O)OC)C(C)C)[nH]c4c3)cc2)[nH]1)C(C)C. The van der Waals surface area contributed by atoms with Crippen molar-refractivity contribution < 1.29 is 33.4 Å². The molecule has 15 heteroatoms. The molecule has 2 aromatic carbocycles. The summed E-state index contributed by atoms with van der Waals surface area (Å²) < 4.78 is 15.9. The minimum atomic E-state index is -0.759. The number of aromatic nitrogens is 4. The second-order valence-corrected chi connectivity index (χ2v) is 17.6. The molecule has 4 aromatic rings. The maximum Gasteiger partial charge on any atom is 0.407 e. The van der Waals surface area contributed by atoms with E-state index in [0.717, 1.165) is 71.3 Å². The van der Waals surface area contributed by atoms with Gasteiger partial charge in [0.05, 0.1) is 61.4 Å². The number of carbonyl (C=O) groups is 4. The molecular formula is C45H54N8O7. The maximum atomic E-state index is 14.0. The fraction of sp³-hybridized carbons (Fsp3) is 0.511. The number of imidazole rings is 2. The van der Waals surface area contributed by atoms with Crippen molar-refractivity contribution in [3.8, 4) is 23.1 Å². The molecule has 0 unspecified atom stereocenters. The minimum absolute atomic E-state index is 0.110. The highest BCUT2D eigenvalue weighted by Crippen LogP contribution is 2.58. The molecule has 5 atom stereocenters. The molecule has 1 saturated carbocycles. The van der Waals surface area contributed by atoms with Gasteiger partial charge < -0.3 is 44.6 Å². The number of hydrogen-bond acceptors (Lipinski definition) is 9. The van der Waals surface area contributed by atoms with E-state index >= 15 is 0 Å². The van der Waals surface area contributed by atoms with Crippen molar-refractivity contribution in [2.24, 2.45) is 17.3 Å². The molecule has 60 heavy (non-hydrogen) atoms. The van der Waals surface area contributed by atoms with Crippen molar-refractivity contribution in [3.63, 3.8) is 0 Å². The van der Waals surface area contributed by atoms with Gasteiger partial charge in [-0.3, -0.25) is 9.59 Å². The van der Waals surface area contributed by atoms with E-state index in [9.17, 15) is 19.2 Å². The Balaban J connectivity index is 0.969. The smallest absolute Gasteiger partial charge is 0.407 e. The Morgan fingerprint density at radius 1 is 0.800 bits per heavy atom. The Kier molecular flexibility index (Phi) is 11.1. The zero-order valence-corrected chi connectivity index (χ0v) is 35.1. The number of carbonyl (C=O) groups excluding carboxylic acids is 4. The Hall–Kier alpha value is -5.88. The van der Waals surface area contributed by atoms with Crippen LogP contribution in [0.1, 0.15) is 101 Å². The third-order valence-corrected chi connectivity index (χ3v) is 12.7. The maximum absolute atomic E-state index is 14.0. The van der Waals surface area contributed by atoms with Crippen LogP contribution in [0.25, 0.3) is 22.3 Å². The van der Waals surface area contributed by atoms with Crippen molar-refractivity contribution in [2.75, 3.05) is 33.9 Å². The van der Waals surface area contributed by atoms with Crippen LogP contribution in [0.4, 0.5) is 9.59 Å². The van der Waals surface area contributed by atoms with E-state index in [1.54, 1.807) is 11.1 Å². The van der Waals surface area contributed by atoms with Gasteiger partial charge in [-0.2, -0.15) is 0 Å². The molecule has 2 spiro atoms. The number of nitrogens with one attached hydrogen (secondary N) is 4. The molecule has 3 aliphatic heterocycles. The van der Waals surface area contributed by atoms with Gasteiger partial charge in [0, 0.05) is 30.7 Å². The molecule has 1 aliphatic carbocycles. The number of rotatable bonds is 9. The van der Waals surface area contributed by atoms with E-state index in [1.165, 1.54) is 14.2 Å². The highest BCUT2D eigenvalue weighted by atomic mass is 16.5. The third kappa shape index (κ3) is 8.17. The normalized spacial score (nSPS) is 22.6. The summed E-state index contributed by atoms with van der Waals surface area (Å²) in [4.78, 5) is 72.5. The van der Waals surface area contributed by atoms with Crippen LogP contribution in [-0.4, -0.2) is 105 Å². The first-order chi connectivity index (χ1) is 28.8. The summed E-state index contributed by atoms with van der Waals surface area (Å²) in [6, 6.07) is 11.8. The van der Waals surface area contributed by atoms with E-state index in [2.05, 4.69) is 32.4 Å². The molecule has 4 fully saturated rings. The van der Waals surface area contributed by atoms with Crippen LogP contribution in [0.15, 0.2) is 48.7 Å². The lowest BCUT2D eigenvalue weighted by Crippen LogP contribution is -2.51. The van der Waals surface area contributed by atoms with Gasteiger partial charge >= 0.3 is 12.2 Å². The molecular weight excluding hydrogens is 765 g/mol. The van der Waals surface area contributed by atoms with Crippen molar-refractivity contribution in [1.29, 1.82) is 0 Å². The topological polar surface area (TPSA) is 184 Å². The van der Waals surface area contributed by atoms with Crippen LogP contribution in [-0.2, 0) is 23.8 Å². The average molecular weight is 819 g/mol. The van der Waals surface area contributed by atoms with Gasteiger partial charge in [0.25, 0.3) is 0 Å². The number of hydrogen-bond donors (Lipinski definition) is 4. The highest BCUT2D eigenvalue weighted by Gasteiger charge is 2.55. The average Bonchev–Trinajstić information content (AvgIpc) is 3.84. The molecule has 4 aliphatic rings. The summed E-state index contributed by atoms with van der Waals surface area (Å²) in [5, 5.41) is 5.47. The minimum Gasteiger partial charge on any atom is -0.453 e. The summed E-state index contributed by atoms with van der Waals surface area (Å²) in [5.41, 5.74) is 4.68. The molecule has 8 rings (SSSR count). The molecule has 4 amide bonds. The van der Waals surface area contributed by atoms with E-state index < -0.39 is 29.9 Å². The molecule has 3 saturated heterocycles. The molecule has 2 aromatic heterocycles. The van der Waals surface area contributed by atoms with Crippen molar-refractivity contribution >= 4 is 35.0 Å². The van der Waals surface area contributed by atoms with Gasteiger partial charge in [-0.15, -0.1) is 0 Å². The number of fused-ring (bicyclic) bond motifs is 1. The predicted molar refractivity (Wildman–Crippen MR) is 222 cm³/mol. The predicted octanol–water partition coefficient (Wildman–Crippen LogP) is 5.99. The standard InChI is InChI=1S/C45H54N8O7/c1-26(2)36(50-42(56)58-5)40(54)52-24-44(17-18-44)21-34(52)38-46-23-33(49-38)30-13-10-28(11-14-30)8-9-29-12-15-31-32(20-29)48-39(47-31)35-22-45(16-7-19-60-45)25-53(35)41(55)37(27(3)4)51-43(57)59-6/h10-15,20,23,26-27,34-37H,7,16-19,21-22,24-25H2,1-6H3,(H,46,49)(H,47,48)(H,50,56)(H,51,57)/t34-,35-,36-,37-,45-/m0/s1. The van der Waals surface area contributed by atoms with Crippen LogP contribution in [0.2, 0.25) is 0 Å². The molecule has 4 N–H and O–H groups in total. The van der Waals surface area contributed by atoms with Crippen LogP contribution in [0.3, 0.4) is 0 Å². The molecule has 5 heterocycles. The lowest BCUT2D eigenvalue weighted by atomic mass is 9.96. The lowest BCUT2D eigenvalue weighted by Gasteiger charge is -2.30. The van der Waals surface area contributed by atoms with Gasteiger partial charge in [0.2, 0.25) is 11.8 Å².